The van der Waals surface area contributed by atoms with Gasteiger partial charge in [-0.2, -0.15) is 0 Å². The van der Waals surface area contributed by atoms with Crippen molar-refractivity contribution in [3.63, 3.8) is 0 Å². The lowest BCUT2D eigenvalue weighted by atomic mass is 10.0. The highest BCUT2D eigenvalue weighted by Crippen LogP contribution is 2.13. The van der Waals surface area contributed by atoms with Crippen molar-refractivity contribution < 1.29 is 0 Å². The molecule has 0 bridgehead atoms. The Morgan fingerprint density at radius 2 is 2.11 bits per heavy atom. The summed E-state index contributed by atoms with van der Waals surface area (Å²) in [4.78, 5) is 5.00. The van der Waals surface area contributed by atoms with Crippen LogP contribution in [0.2, 0.25) is 0 Å². The van der Waals surface area contributed by atoms with Gasteiger partial charge in [0, 0.05) is 18.6 Å². The second kappa shape index (κ2) is 8.13. The maximum atomic E-state index is 3.70. The number of rotatable bonds is 5. The van der Waals surface area contributed by atoms with Gasteiger partial charge in [-0.3, -0.25) is 0 Å². The zero-order valence-corrected chi connectivity index (χ0v) is 13.1. The van der Waals surface area contributed by atoms with Crippen LogP contribution < -0.4 is 5.32 Å². The number of hydrogen-bond acceptors (Lipinski definition) is 3. The molecule has 0 aromatic rings. The van der Waals surface area contributed by atoms with Gasteiger partial charge in [-0.25, -0.2) is 0 Å². The Labute approximate surface area is 114 Å². The summed E-state index contributed by atoms with van der Waals surface area (Å²) in [6.45, 7) is 11.9. The molecule has 3 atom stereocenters. The summed E-state index contributed by atoms with van der Waals surface area (Å²) >= 11 is 0. The van der Waals surface area contributed by atoms with Gasteiger partial charge in [0.25, 0.3) is 0 Å². The molecule has 1 aliphatic heterocycles. The molecular formula is C15H33N3. The summed E-state index contributed by atoms with van der Waals surface area (Å²) in [7, 11) is 4.33. The van der Waals surface area contributed by atoms with Crippen LogP contribution in [0.4, 0.5) is 0 Å². The van der Waals surface area contributed by atoms with Gasteiger partial charge >= 0.3 is 0 Å². The van der Waals surface area contributed by atoms with Crippen LogP contribution in [0.25, 0.3) is 0 Å². The van der Waals surface area contributed by atoms with Gasteiger partial charge in [-0.05, 0) is 65.8 Å². The van der Waals surface area contributed by atoms with Crippen LogP contribution in [-0.2, 0) is 0 Å². The van der Waals surface area contributed by atoms with E-state index in [4.69, 9.17) is 0 Å². The summed E-state index contributed by atoms with van der Waals surface area (Å²) < 4.78 is 0. The van der Waals surface area contributed by atoms with Crippen LogP contribution in [0.1, 0.15) is 40.0 Å². The molecule has 3 nitrogen and oxygen atoms in total. The van der Waals surface area contributed by atoms with Crippen LogP contribution >= 0.6 is 0 Å². The molecule has 1 aliphatic rings. The van der Waals surface area contributed by atoms with Gasteiger partial charge in [0.05, 0.1) is 0 Å². The minimum absolute atomic E-state index is 0.713. The van der Waals surface area contributed by atoms with Crippen LogP contribution in [0, 0.1) is 5.92 Å². The monoisotopic (exact) mass is 255 g/mol. The maximum Gasteiger partial charge on any atom is 0.00792 e. The highest BCUT2D eigenvalue weighted by atomic mass is 15.2. The van der Waals surface area contributed by atoms with E-state index in [1.165, 1.54) is 45.4 Å². The Morgan fingerprint density at radius 1 is 1.39 bits per heavy atom. The molecule has 3 unspecified atom stereocenters. The third-order valence-electron chi connectivity index (χ3n) is 4.18. The molecule has 0 amide bonds. The molecular weight excluding hydrogens is 222 g/mol. The van der Waals surface area contributed by atoms with Crippen molar-refractivity contribution in [1.82, 2.24) is 15.1 Å². The van der Waals surface area contributed by atoms with Crippen molar-refractivity contribution >= 4 is 0 Å². The summed E-state index contributed by atoms with van der Waals surface area (Å²) in [6.07, 6.45) is 3.84. The quantitative estimate of drug-likeness (QED) is 0.811. The number of nitrogens with zero attached hydrogens (tertiary/aromatic N) is 2. The van der Waals surface area contributed by atoms with Crippen molar-refractivity contribution in [2.45, 2.75) is 52.1 Å². The second-order valence-electron chi connectivity index (χ2n) is 6.34. The van der Waals surface area contributed by atoms with E-state index < -0.39 is 0 Å². The van der Waals surface area contributed by atoms with Gasteiger partial charge in [0.15, 0.2) is 0 Å². The Bertz CT molecular complexity index is 218. The average Bonchev–Trinajstić information content (AvgIpc) is 2.31. The van der Waals surface area contributed by atoms with Gasteiger partial charge in [0.1, 0.15) is 0 Å². The molecule has 1 fully saturated rings. The topological polar surface area (TPSA) is 18.5 Å². The molecule has 108 valence electrons. The molecule has 0 radical (unpaired) electrons. The van der Waals surface area contributed by atoms with Crippen molar-refractivity contribution in [2.24, 2.45) is 5.92 Å². The maximum absolute atomic E-state index is 3.70. The van der Waals surface area contributed by atoms with Gasteiger partial charge < -0.3 is 15.1 Å². The van der Waals surface area contributed by atoms with E-state index in [1.807, 2.05) is 0 Å². The Kier molecular flexibility index (Phi) is 7.20. The molecule has 0 spiro atoms. The van der Waals surface area contributed by atoms with E-state index in [9.17, 15) is 0 Å². The zero-order valence-electron chi connectivity index (χ0n) is 13.1. The van der Waals surface area contributed by atoms with E-state index in [1.54, 1.807) is 0 Å². The molecule has 1 heterocycles. The molecule has 0 aromatic heterocycles. The first-order valence-corrected chi connectivity index (χ1v) is 7.65. The van der Waals surface area contributed by atoms with E-state index in [0.29, 0.717) is 6.04 Å². The first-order valence-electron chi connectivity index (χ1n) is 7.65. The number of hydrogen-bond donors (Lipinski definition) is 1. The normalized spacial score (nSPS) is 29.0. The number of nitrogens with one attached hydrogen (secondary N) is 1. The molecule has 0 aromatic carbocycles. The van der Waals surface area contributed by atoms with Crippen molar-refractivity contribution in [2.75, 3.05) is 40.3 Å². The smallest absolute Gasteiger partial charge is 0.00792 e. The van der Waals surface area contributed by atoms with Gasteiger partial charge in [0.2, 0.25) is 0 Å². The molecule has 1 rings (SSSR count). The first kappa shape index (κ1) is 15.9. The fourth-order valence-electron chi connectivity index (χ4n) is 2.72. The lowest BCUT2D eigenvalue weighted by Gasteiger charge is -2.36. The second-order valence-corrected chi connectivity index (χ2v) is 6.34. The van der Waals surface area contributed by atoms with Crippen molar-refractivity contribution in [3.8, 4) is 0 Å². The summed E-state index contributed by atoms with van der Waals surface area (Å²) in [5, 5.41) is 3.70. The van der Waals surface area contributed by atoms with Crippen LogP contribution in [-0.4, -0.2) is 62.2 Å². The van der Waals surface area contributed by atoms with Crippen LogP contribution in [0.3, 0.4) is 0 Å². The minimum Gasteiger partial charge on any atom is -0.314 e. The molecule has 3 heteroatoms. The lowest BCUT2D eigenvalue weighted by molar-refractivity contribution is 0.141. The average molecular weight is 255 g/mol. The molecule has 1 N–H and O–H groups in total. The molecule has 0 saturated carbocycles. The molecule has 0 aliphatic carbocycles. The van der Waals surface area contributed by atoms with Crippen LogP contribution in [0.5, 0.6) is 0 Å². The predicted molar refractivity (Wildman–Crippen MR) is 80.1 cm³/mol. The van der Waals surface area contributed by atoms with Gasteiger partial charge in [-0.15, -0.1) is 0 Å². The van der Waals surface area contributed by atoms with E-state index >= 15 is 0 Å². The predicted octanol–water partition coefficient (Wildman–Crippen LogP) is 2.04. The summed E-state index contributed by atoms with van der Waals surface area (Å²) in [5.74, 6) is 0.765. The van der Waals surface area contributed by atoms with Gasteiger partial charge in [-0.1, -0.05) is 13.8 Å². The highest BCUT2D eigenvalue weighted by Gasteiger charge is 2.21. The summed E-state index contributed by atoms with van der Waals surface area (Å²) in [5.41, 5.74) is 0. The standard InChI is InChI=1S/C15H33N3/c1-6-15-8-10-18(12-13(2)11-16-15)14(3)7-9-17(4)5/h13-16H,6-12H2,1-5H3. The fourth-order valence-corrected chi connectivity index (χ4v) is 2.72. The van der Waals surface area contributed by atoms with Crippen LogP contribution in [0.15, 0.2) is 0 Å². The Morgan fingerprint density at radius 3 is 2.72 bits per heavy atom. The largest absolute Gasteiger partial charge is 0.314 e. The lowest BCUT2D eigenvalue weighted by Crippen LogP contribution is -2.46. The zero-order chi connectivity index (χ0) is 13.5. The van der Waals surface area contributed by atoms with E-state index in [0.717, 1.165) is 12.0 Å². The third kappa shape index (κ3) is 5.68. The fraction of sp³-hybridized carbons (Fsp3) is 1.00. The van der Waals surface area contributed by atoms with E-state index in [2.05, 4.69) is 50.0 Å². The SMILES string of the molecule is CCC1CCN(C(C)CCN(C)C)CC(C)CN1. The molecule has 1 saturated heterocycles. The Balaban J connectivity index is 2.45. The minimum atomic E-state index is 0.713. The first-order chi connectivity index (χ1) is 8.52. The Hall–Kier alpha value is -0.120. The molecule has 18 heavy (non-hydrogen) atoms. The summed E-state index contributed by atoms with van der Waals surface area (Å²) in [6, 6.07) is 1.43. The van der Waals surface area contributed by atoms with Crippen molar-refractivity contribution in [1.29, 1.82) is 0 Å². The highest BCUT2D eigenvalue weighted by molar-refractivity contribution is 4.78. The third-order valence-corrected chi connectivity index (χ3v) is 4.18. The van der Waals surface area contributed by atoms with Crippen molar-refractivity contribution in [3.05, 3.63) is 0 Å². The van der Waals surface area contributed by atoms with E-state index in [-0.39, 0.29) is 0 Å².